The van der Waals surface area contributed by atoms with Crippen molar-refractivity contribution in [3.05, 3.63) is 23.7 Å². The fourth-order valence-electron chi connectivity index (χ4n) is 0.991. The van der Waals surface area contributed by atoms with Crippen molar-refractivity contribution in [3.63, 3.8) is 0 Å². The number of carbonyl (C=O) groups is 2. The van der Waals surface area contributed by atoms with Crippen molar-refractivity contribution in [2.45, 2.75) is 27.0 Å². The number of furan rings is 1. The van der Waals surface area contributed by atoms with E-state index in [1.165, 1.54) is 20.1 Å². The van der Waals surface area contributed by atoms with E-state index < -0.39 is 0 Å². The first-order chi connectivity index (χ1) is 7.08. The van der Waals surface area contributed by atoms with E-state index >= 15 is 0 Å². The lowest BCUT2D eigenvalue weighted by molar-refractivity contribution is -0.142. The Morgan fingerprint density at radius 2 is 2.20 bits per heavy atom. The summed E-state index contributed by atoms with van der Waals surface area (Å²) >= 11 is 0. The van der Waals surface area contributed by atoms with E-state index in [0.29, 0.717) is 12.3 Å². The van der Waals surface area contributed by atoms with Gasteiger partial charge < -0.3 is 14.5 Å². The highest BCUT2D eigenvalue weighted by Crippen LogP contribution is 2.08. The summed E-state index contributed by atoms with van der Waals surface area (Å²) in [5.74, 6) is 0.180. The first-order valence-electron chi connectivity index (χ1n) is 4.52. The average Bonchev–Trinajstić information content (AvgIpc) is 2.59. The molecule has 1 N–H and O–H groups in total. The van der Waals surface area contributed by atoms with E-state index in [-0.39, 0.29) is 18.5 Å². The second-order valence-electron chi connectivity index (χ2n) is 3.11. The molecule has 5 heteroatoms. The molecule has 1 rings (SSSR count). The molecule has 5 nitrogen and oxygen atoms in total. The average molecular weight is 211 g/mol. The molecular formula is C10H13NO4. The zero-order valence-corrected chi connectivity index (χ0v) is 8.70. The van der Waals surface area contributed by atoms with Crippen LogP contribution in [0.5, 0.6) is 0 Å². The Hall–Kier alpha value is -1.78. The highest BCUT2D eigenvalue weighted by atomic mass is 16.5. The van der Waals surface area contributed by atoms with Gasteiger partial charge in [0.2, 0.25) is 5.91 Å². The normalized spacial score (nSPS) is 9.73. The largest absolute Gasteiger partial charge is 0.467 e. The maximum atomic E-state index is 10.6. The van der Waals surface area contributed by atoms with Gasteiger partial charge in [0.1, 0.15) is 12.4 Å². The molecule has 15 heavy (non-hydrogen) atoms. The second-order valence-corrected chi connectivity index (χ2v) is 3.11. The molecule has 0 atom stereocenters. The Morgan fingerprint density at radius 3 is 2.80 bits per heavy atom. The van der Waals surface area contributed by atoms with Crippen LogP contribution < -0.4 is 5.32 Å². The Balaban J connectivity index is 2.41. The molecule has 0 aliphatic rings. The van der Waals surface area contributed by atoms with Gasteiger partial charge in [0, 0.05) is 19.4 Å². The Kier molecular flexibility index (Phi) is 3.91. The van der Waals surface area contributed by atoms with Crippen molar-refractivity contribution in [2.75, 3.05) is 0 Å². The lowest BCUT2D eigenvalue weighted by Crippen LogP contribution is -2.18. The third kappa shape index (κ3) is 4.30. The molecule has 0 saturated carbocycles. The van der Waals surface area contributed by atoms with Crippen LogP contribution in [0, 0.1) is 0 Å². The van der Waals surface area contributed by atoms with Crippen molar-refractivity contribution in [2.24, 2.45) is 0 Å². The van der Waals surface area contributed by atoms with Gasteiger partial charge in [-0.05, 0) is 6.07 Å². The first kappa shape index (κ1) is 11.3. The summed E-state index contributed by atoms with van der Waals surface area (Å²) in [4.78, 5) is 21.1. The fourth-order valence-corrected chi connectivity index (χ4v) is 0.991. The molecule has 0 aliphatic carbocycles. The number of hydrogen-bond acceptors (Lipinski definition) is 4. The van der Waals surface area contributed by atoms with Crippen LogP contribution in [0.3, 0.4) is 0 Å². The number of carbonyl (C=O) groups excluding carboxylic acids is 2. The van der Waals surface area contributed by atoms with Gasteiger partial charge in [-0.15, -0.1) is 0 Å². The van der Waals surface area contributed by atoms with Gasteiger partial charge in [-0.2, -0.15) is 0 Å². The standard InChI is InChI=1S/C10H13NO4/c1-7(12)11-4-10-3-9(6-15-10)5-14-8(2)13/h3,6H,4-5H2,1-2H3,(H,11,12). The van der Waals surface area contributed by atoms with Crippen molar-refractivity contribution in [3.8, 4) is 0 Å². The minimum Gasteiger partial charge on any atom is -0.467 e. The number of hydrogen-bond donors (Lipinski definition) is 1. The van der Waals surface area contributed by atoms with Crippen LogP contribution in [0.1, 0.15) is 25.2 Å². The maximum Gasteiger partial charge on any atom is 0.302 e. The van der Waals surface area contributed by atoms with Crippen molar-refractivity contribution in [1.29, 1.82) is 0 Å². The number of nitrogens with one attached hydrogen (secondary N) is 1. The lowest BCUT2D eigenvalue weighted by atomic mass is 10.3. The van der Waals surface area contributed by atoms with E-state index in [2.05, 4.69) is 5.32 Å². The van der Waals surface area contributed by atoms with Gasteiger partial charge in [-0.25, -0.2) is 0 Å². The summed E-state index contributed by atoms with van der Waals surface area (Å²) in [7, 11) is 0. The van der Waals surface area contributed by atoms with Gasteiger partial charge in [0.05, 0.1) is 12.8 Å². The zero-order valence-electron chi connectivity index (χ0n) is 8.70. The van der Waals surface area contributed by atoms with Crippen LogP contribution in [-0.2, 0) is 27.5 Å². The second kappa shape index (κ2) is 5.19. The summed E-state index contributed by atoms with van der Waals surface area (Å²) in [5.41, 5.74) is 0.769. The van der Waals surface area contributed by atoms with Gasteiger partial charge in [0.25, 0.3) is 0 Å². The van der Waals surface area contributed by atoms with E-state index in [1.807, 2.05) is 0 Å². The van der Waals surface area contributed by atoms with E-state index in [9.17, 15) is 9.59 Å². The van der Waals surface area contributed by atoms with E-state index in [1.54, 1.807) is 6.07 Å². The predicted molar refractivity (Wildman–Crippen MR) is 51.7 cm³/mol. The molecule has 1 aromatic rings. The van der Waals surface area contributed by atoms with Crippen molar-refractivity contribution < 1.29 is 18.7 Å². The molecule has 0 unspecified atom stereocenters. The van der Waals surface area contributed by atoms with Gasteiger partial charge in [0.15, 0.2) is 0 Å². The molecule has 82 valence electrons. The zero-order chi connectivity index (χ0) is 11.3. The number of amides is 1. The van der Waals surface area contributed by atoms with Crippen molar-refractivity contribution in [1.82, 2.24) is 5.32 Å². The van der Waals surface area contributed by atoms with Gasteiger partial charge >= 0.3 is 5.97 Å². The van der Waals surface area contributed by atoms with E-state index in [0.717, 1.165) is 5.56 Å². The molecule has 0 saturated heterocycles. The van der Waals surface area contributed by atoms with Crippen LogP contribution in [0.4, 0.5) is 0 Å². The molecular weight excluding hydrogens is 198 g/mol. The summed E-state index contributed by atoms with van der Waals surface area (Å²) in [5, 5.41) is 2.60. The summed E-state index contributed by atoms with van der Waals surface area (Å²) < 4.78 is 9.92. The summed E-state index contributed by atoms with van der Waals surface area (Å²) in [6.07, 6.45) is 1.50. The van der Waals surface area contributed by atoms with E-state index in [4.69, 9.17) is 9.15 Å². The van der Waals surface area contributed by atoms with Crippen LogP contribution in [-0.4, -0.2) is 11.9 Å². The van der Waals surface area contributed by atoms with Crippen LogP contribution >= 0.6 is 0 Å². The Labute approximate surface area is 87.4 Å². The smallest absolute Gasteiger partial charge is 0.302 e. The molecule has 1 heterocycles. The third-order valence-corrected chi connectivity index (χ3v) is 1.66. The summed E-state index contributed by atoms with van der Waals surface area (Å²) in [6.45, 7) is 3.31. The highest BCUT2D eigenvalue weighted by molar-refractivity contribution is 5.72. The van der Waals surface area contributed by atoms with Gasteiger partial charge in [-0.3, -0.25) is 9.59 Å². The molecule has 0 fully saturated rings. The molecule has 0 bridgehead atoms. The van der Waals surface area contributed by atoms with Crippen LogP contribution in [0.25, 0.3) is 0 Å². The molecule has 0 aliphatic heterocycles. The quantitative estimate of drug-likeness (QED) is 0.754. The van der Waals surface area contributed by atoms with Crippen LogP contribution in [0.2, 0.25) is 0 Å². The SMILES string of the molecule is CC(=O)NCc1cc(COC(C)=O)co1. The third-order valence-electron chi connectivity index (χ3n) is 1.66. The topological polar surface area (TPSA) is 68.5 Å². The lowest BCUT2D eigenvalue weighted by Gasteiger charge is -1.97. The maximum absolute atomic E-state index is 10.6. The first-order valence-corrected chi connectivity index (χ1v) is 4.52. The molecule has 0 radical (unpaired) electrons. The number of esters is 1. The van der Waals surface area contributed by atoms with Crippen molar-refractivity contribution >= 4 is 11.9 Å². The minimum atomic E-state index is -0.334. The molecule has 1 amide bonds. The van der Waals surface area contributed by atoms with Gasteiger partial charge in [-0.1, -0.05) is 0 Å². The predicted octanol–water partition coefficient (Wildman–Crippen LogP) is 0.979. The van der Waals surface area contributed by atoms with Crippen LogP contribution in [0.15, 0.2) is 16.7 Å². The molecule has 1 aromatic heterocycles. The summed E-state index contributed by atoms with van der Waals surface area (Å²) in [6, 6.07) is 1.74. The highest BCUT2D eigenvalue weighted by Gasteiger charge is 2.03. The monoisotopic (exact) mass is 211 g/mol. The number of rotatable bonds is 4. The Bertz CT molecular complexity index is 324. The number of ether oxygens (including phenoxy) is 1. The fraction of sp³-hybridized carbons (Fsp3) is 0.400. The molecule has 0 aromatic carbocycles. The Morgan fingerprint density at radius 1 is 1.47 bits per heavy atom. The molecule has 0 spiro atoms. The minimum absolute atomic E-state index is 0.118.